The maximum atomic E-state index is 12.6. The van der Waals surface area contributed by atoms with E-state index in [1.165, 1.54) is 31.4 Å². The molecule has 1 atom stereocenters. The fourth-order valence-corrected chi connectivity index (χ4v) is 3.59. The van der Waals surface area contributed by atoms with Crippen molar-refractivity contribution < 1.29 is 17.9 Å². The van der Waals surface area contributed by atoms with Gasteiger partial charge >= 0.3 is 5.97 Å². The van der Waals surface area contributed by atoms with E-state index in [1.807, 2.05) is 37.3 Å². The maximum Gasteiger partial charge on any atom is 0.337 e. The third-order valence-corrected chi connectivity index (χ3v) is 4.94. The molecule has 0 radical (unpaired) electrons. The monoisotopic (exact) mass is 333 g/mol. The van der Waals surface area contributed by atoms with Gasteiger partial charge in [-0.25, -0.2) is 17.9 Å². The van der Waals surface area contributed by atoms with Crippen LogP contribution in [0.3, 0.4) is 0 Å². The molecule has 0 aromatic heterocycles. The minimum absolute atomic E-state index is 0.0368. The van der Waals surface area contributed by atoms with Crippen molar-refractivity contribution >= 4 is 16.0 Å². The smallest absolute Gasteiger partial charge is 0.337 e. The number of nitrogens with one attached hydrogen (secondary N) is 1. The SMILES string of the molecule is CC[C@@H](NS(=O)(=O)c1cccc(C(=O)OC)c1)c1ccccc1. The first-order valence-electron chi connectivity index (χ1n) is 7.23. The predicted molar refractivity (Wildman–Crippen MR) is 87.6 cm³/mol. The van der Waals surface area contributed by atoms with Crippen molar-refractivity contribution in [2.24, 2.45) is 0 Å². The number of ether oxygens (including phenoxy) is 1. The van der Waals surface area contributed by atoms with Crippen LogP contribution in [0.15, 0.2) is 59.5 Å². The number of methoxy groups -OCH3 is 1. The highest BCUT2D eigenvalue weighted by molar-refractivity contribution is 7.89. The summed E-state index contributed by atoms with van der Waals surface area (Å²) in [5.41, 5.74) is 1.09. The van der Waals surface area contributed by atoms with Crippen molar-refractivity contribution in [3.63, 3.8) is 0 Å². The van der Waals surface area contributed by atoms with Crippen LogP contribution in [0.1, 0.15) is 35.3 Å². The average molecular weight is 333 g/mol. The van der Waals surface area contributed by atoms with Crippen molar-refractivity contribution in [1.82, 2.24) is 4.72 Å². The fourth-order valence-electron chi connectivity index (χ4n) is 2.24. The van der Waals surface area contributed by atoms with Crippen LogP contribution in [0.5, 0.6) is 0 Å². The number of hydrogen-bond donors (Lipinski definition) is 1. The van der Waals surface area contributed by atoms with Gasteiger partial charge in [0.15, 0.2) is 0 Å². The summed E-state index contributed by atoms with van der Waals surface area (Å²) in [5, 5.41) is 0. The van der Waals surface area contributed by atoms with Gasteiger partial charge in [-0.2, -0.15) is 0 Å². The minimum atomic E-state index is -3.74. The quantitative estimate of drug-likeness (QED) is 0.825. The normalized spacial score (nSPS) is 12.6. The zero-order valence-corrected chi connectivity index (χ0v) is 13.8. The summed E-state index contributed by atoms with van der Waals surface area (Å²) < 4.78 is 32.5. The Morgan fingerprint density at radius 3 is 2.43 bits per heavy atom. The highest BCUT2D eigenvalue weighted by atomic mass is 32.2. The second kappa shape index (κ2) is 7.39. The Labute approximate surface area is 136 Å². The standard InChI is InChI=1S/C17H19NO4S/c1-3-16(13-8-5-4-6-9-13)18-23(20,21)15-11-7-10-14(12-15)17(19)22-2/h4-12,16,18H,3H2,1-2H3/t16-/m1/s1. The first kappa shape index (κ1) is 17.2. The Morgan fingerprint density at radius 1 is 1.13 bits per heavy atom. The molecule has 0 saturated heterocycles. The Morgan fingerprint density at radius 2 is 1.83 bits per heavy atom. The number of benzene rings is 2. The largest absolute Gasteiger partial charge is 0.465 e. The zero-order valence-electron chi connectivity index (χ0n) is 13.0. The van der Waals surface area contributed by atoms with Crippen LogP contribution >= 0.6 is 0 Å². The highest BCUT2D eigenvalue weighted by Gasteiger charge is 2.21. The van der Waals surface area contributed by atoms with Gasteiger partial charge in [-0.3, -0.25) is 0 Å². The summed E-state index contributed by atoms with van der Waals surface area (Å²) in [5.74, 6) is -0.572. The van der Waals surface area contributed by atoms with Gasteiger partial charge in [-0.05, 0) is 30.2 Å². The van der Waals surface area contributed by atoms with Crippen LogP contribution in [0, 0.1) is 0 Å². The van der Waals surface area contributed by atoms with E-state index >= 15 is 0 Å². The molecule has 0 amide bonds. The van der Waals surface area contributed by atoms with Crippen LogP contribution in [-0.4, -0.2) is 21.5 Å². The van der Waals surface area contributed by atoms with Gasteiger partial charge < -0.3 is 4.74 Å². The first-order valence-corrected chi connectivity index (χ1v) is 8.72. The third-order valence-electron chi connectivity index (χ3n) is 3.47. The Balaban J connectivity index is 2.29. The molecule has 122 valence electrons. The lowest BCUT2D eigenvalue weighted by molar-refractivity contribution is 0.0600. The van der Waals surface area contributed by atoms with Crippen molar-refractivity contribution in [1.29, 1.82) is 0 Å². The Bertz CT molecular complexity index is 772. The van der Waals surface area contributed by atoms with Gasteiger partial charge in [0.1, 0.15) is 0 Å². The predicted octanol–water partition coefficient (Wildman–Crippen LogP) is 2.90. The van der Waals surface area contributed by atoms with Gasteiger partial charge in [0, 0.05) is 6.04 Å². The van der Waals surface area contributed by atoms with Gasteiger partial charge in [0.2, 0.25) is 10.0 Å². The molecule has 1 N–H and O–H groups in total. The van der Waals surface area contributed by atoms with E-state index in [-0.39, 0.29) is 16.5 Å². The van der Waals surface area contributed by atoms with E-state index in [9.17, 15) is 13.2 Å². The molecular formula is C17H19NO4S. The van der Waals surface area contributed by atoms with E-state index in [0.29, 0.717) is 6.42 Å². The van der Waals surface area contributed by atoms with Gasteiger partial charge in [0.25, 0.3) is 0 Å². The first-order chi connectivity index (χ1) is 11.0. The van der Waals surface area contributed by atoms with Crippen molar-refractivity contribution in [3.05, 3.63) is 65.7 Å². The number of rotatable bonds is 6. The molecule has 0 aliphatic heterocycles. The molecule has 5 nitrogen and oxygen atoms in total. The molecular weight excluding hydrogens is 314 g/mol. The van der Waals surface area contributed by atoms with Crippen LogP contribution in [0.2, 0.25) is 0 Å². The number of esters is 1. The number of hydrogen-bond acceptors (Lipinski definition) is 4. The third kappa shape index (κ3) is 4.18. The highest BCUT2D eigenvalue weighted by Crippen LogP contribution is 2.20. The van der Waals surface area contributed by atoms with Gasteiger partial charge in [-0.1, -0.05) is 43.3 Å². The Hall–Kier alpha value is -2.18. The fraction of sp³-hybridized carbons (Fsp3) is 0.235. The molecule has 0 heterocycles. The van der Waals surface area contributed by atoms with E-state index in [0.717, 1.165) is 5.56 Å². The van der Waals surface area contributed by atoms with E-state index in [2.05, 4.69) is 9.46 Å². The van der Waals surface area contributed by atoms with Crippen molar-refractivity contribution in [3.8, 4) is 0 Å². The zero-order chi connectivity index (χ0) is 16.9. The molecule has 0 unspecified atom stereocenters. The van der Waals surface area contributed by atoms with E-state index in [4.69, 9.17) is 0 Å². The summed E-state index contributed by atoms with van der Waals surface area (Å²) in [6, 6.07) is 14.8. The topological polar surface area (TPSA) is 72.5 Å². The van der Waals surface area contributed by atoms with Gasteiger partial charge in [0.05, 0.1) is 17.6 Å². The van der Waals surface area contributed by atoms with E-state index in [1.54, 1.807) is 0 Å². The molecule has 23 heavy (non-hydrogen) atoms. The van der Waals surface area contributed by atoms with Crippen molar-refractivity contribution in [2.75, 3.05) is 7.11 Å². The molecule has 0 spiro atoms. The molecule has 2 rings (SSSR count). The van der Waals surface area contributed by atoms with Crippen LogP contribution in [0.4, 0.5) is 0 Å². The summed E-state index contributed by atoms with van der Waals surface area (Å²) in [6.45, 7) is 1.91. The second-order valence-electron chi connectivity index (χ2n) is 5.01. The molecule has 2 aromatic carbocycles. The van der Waals surface area contributed by atoms with Crippen LogP contribution in [0.25, 0.3) is 0 Å². The molecule has 0 saturated carbocycles. The lowest BCUT2D eigenvalue weighted by Gasteiger charge is -2.17. The summed E-state index contributed by atoms with van der Waals surface area (Å²) in [6.07, 6.45) is 0.611. The number of sulfonamides is 1. The van der Waals surface area contributed by atoms with Crippen LogP contribution < -0.4 is 4.72 Å². The molecule has 0 fully saturated rings. The second-order valence-corrected chi connectivity index (χ2v) is 6.73. The Kier molecular flexibility index (Phi) is 5.52. The number of carbonyl (C=O) groups excluding carboxylic acids is 1. The van der Waals surface area contributed by atoms with Crippen LogP contribution in [-0.2, 0) is 14.8 Å². The average Bonchev–Trinajstić information content (AvgIpc) is 2.60. The summed E-state index contributed by atoms with van der Waals surface area (Å²) >= 11 is 0. The molecule has 0 bridgehead atoms. The summed E-state index contributed by atoms with van der Waals surface area (Å²) in [7, 11) is -2.49. The minimum Gasteiger partial charge on any atom is -0.465 e. The molecule has 0 aliphatic rings. The molecule has 6 heteroatoms. The van der Waals surface area contributed by atoms with Gasteiger partial charge in [-0.15, -0.1) is 0 Å². The van der Waals surface area contributed by atoms with E-state index < -0.39 is 16.0 Å². The lowest BCUT2D eigenvalue weighted by Crippen LogP contribution is -2.28. The summed E-state index contributed by atoms with van der Waals surface area (Å²) in [4.78, 5) is 11.6. The number of carbonyl (C=O) groups is 1. The van der Waals surface area contributed by atoms with Crippen molar-refractivity contribution in [2.45, 2.75) is 24.3 Å². The molecule has 0 aliphatic carbocycles. The lowest BCUT2D eigenvalue weighted by atomic mass is 10.1. The molecule has 2 aromatic rings. The maximum absolute atomic E-state index is 12.6.